The summed E-state index contributed by atoms with van der Waals surface area (Å²) in [6, 6.07) is 0. The summed E-state index contributed by atoms with van der Waals surface area (Å²) in [4.78, 5) is 36.5. The second kappa shape index (κ2) is 5.66. The van der Waals surface area contributed by atoms with E-state index in [9.17, 15) is 14.4 Å². The molecule has 21 heavy (non-hydrogen) atoms. The van der Waals surface area contributed by atoms with Crippen molar-refractivity contribution in [1.82, 2.24) is 0 Å². The molecule has 0 saturated heterocycles. The van der Waals surface area contributed by atoms with Gasteiger partial charge in [-0.3, -0.25) is 14.4 Å². The summed E-state index contributed by atoms with van der Waals surface area (Å²) >= 11 is 0. The van der Waals surface area contributed by atoms with E-state index in [-0.39, 0.29) is 19.3 Å². The second-order valence-electron chi connectivity index (χ2n) is 6.69. The van der Waals surface area contributed by atoms with Gasteiger partial charge in [-0.1, -0.05) is 0 Å². The molecule has 1 rings (SSSR count). The second-order valence-corrected chi connectivity index (χ2v) is 6.69. The summed E-state index contributed by atoms with van der Waals surface area (Å²) in [7, 11) is 3.90. The average molecular weight is 300 g/mol. The maximum Gasteiger partial charge on any atom is 0.311 e. The highest BCUT2D eigenvalue weighted by Gasteiger charge is 2.59. The summed E-state index contributed by atoms with van der Waals surface area (Å²) in [5, 5.41) is 0. The zero-order valence-electron chi connectivity index (χ0n) is 13.6. The molecule has 0 aliphatic heterocycles. The first kappa shape index (κ1) is 17.5. The van der Waals surface area contributed by atoms with E-state index in [2.05, 4.69) is 0 Å². The first-order chi connectivity index (χ1) is 9.57. The van der Waals surface area contributed by atoms with Crippen LogP contribution in [-0.4, -0.2) is 39.2 Å². The minimum absolute atomic E-state index is 0.270. The molecule has 0 unspecified atom stereocenters. The molecule has 0 amide bonds. The van der Waals surface area contributed by atoms with Gasteiger partial charge in [-0.25, -0.2) is 0 Å². The van der Waals surface area contributed by atoms with Crippen molar-refractivity contribution in [3.05, 3.63) is 0 Å². The van der Waals surface area contributed by atoms with Gasteiger partial charge in [-0.05, 0) is 40.0 Å². The molecule has 6 heteroatoms. The maximum absolute atomic E-state index is 12.2. The number of carbonyl (C=O) groups is 3. The van der Waals surface area contributed by atoms with Crippen LogP contribution in [0.4, 0.5) is 0 Å². The van der Waals surface area contributed by atoms with E-state index in [1.165, 1.54) is 21.3 Å². The third-order valence-electron chi connectivity index (χ3n) is 4.38. The van der Waals surface area contributed by atoms with E-state index in [0.717, 1.165) is 0 Å². The van der Waals surface area contributed by atoms with Crippen LogP contribution in [0.1, 0.15) is 40.0 Å². The Morgan fingerprint density at radius 2 is 0.810 bits per heavy atom. The van der Waals surface area contributed by atoms with Crippen LogP contribution in [-0.2, 0) is 28.6 Å². The molecule has 0 N–H and O–H groups in total. The third-order valence-corrected chi connectivity index (χ3v) is 4.38. The van der Waals surface area contributed by atoms with E-state index >= 15 is 0 Å². The highest BCUT2D eigenvalue weighted by Crippen LogP contribution is 2.55. The number of rotatable bonds is 3. The summed E-state index contributed by atoms with van der Waals surface area (Å²) in [5.74, 6) is -1.31. The SMILES string of the molecule is COC(=O)C1(C)CC(C)(C(=O)OC)CC(C)(C(=O)OC)C1. The van der Waals surface area contributed by atoms with E-state index in [0.29, 0.717) is 0 Å². The van der Waals surface area contributed by atoms with Crippen LogP contribution in [0.15, 0.2) is 0 Å². The van der Waals surface area contributed by atoms with Crippen LogP contribution in [0.3, 0.4) is 0 Å². The predicted octanol–water partition coefficient (Wildman–Crippen LogP) is 1.71. The minimum atomic E-state index is -0.946. The summed E-state index contributed by atoms with van der Waals surface area (Å²) in [6.07, 6.45) is 0.809. The summed E-state index contributed by atoms with van der Waals surface area (Å²) < 4.78 is 14.6. The van der Waals surface area contributed by atoms with E-state index in [4.69, 9.17) is 14.2 Å². The first-order valence-corrected chi connectivity index (χ1v) is 6.82. The molecule has 0 spiro atoms. The van der Waals surface area contributed by atoms with Crippen molar-refractivity contribution >= 4 is 17.9 Å². The van der Waals surface area contributed by atoms with Crippen molar-refractivity contribution < 1.29 is 28.6 Å². The Balaban J connectivity index is 3.31. The average Bonchev–Trinajstić information content (AvgIpc) is 2.42. The van der Waals surface area contributed by atoms with Crippen LogP contribution in [0.25, 0.3) is 0 Å². The minimum Gasteiger partial charge on any atom is -0.469 e. The van der Waals surface area contributed by atoms with Gasteiger partial charge in [0.15, 0.2) is 0 Å². The Hall–Kier alpha value is -1.59. The number of ether oxygens (including phenoxy) is 3. The number of hydrogen-bond donors (Lipinski definition) is 0. The number of esters is 3. The Kier molecular flexibility index (Phi) is 4.70. The molecule has 0 radical (unpaired) electrons. The molecule has 0 aromatic rings. The molecule has 1 fully saturated rings. The van der Waals surface area contributed by atoms with Gasteiger partial charge in [0.1, 0.15) is 0 Å². The smallest absolute Gasteiger partial charge is 0.311 e. The van der Waals surface area contributed by atoms with Crippen molar-refractivity contribution in [1.29, 1.82) is 0 Å². The summed E-state index contributed by atoms with van der Waals surface area (Å²) in [5.41, 5.74) is -2.84. The van der Waals surface area contributed by atoms with E-state index in [1.54, 1.807) is 20.8 Å². The lowest BCUT2D eigenvalue weighted by atomic mass is 9.54. The maximum atomic E-state index is 12.2. The zero-order valence-corrected chi connectivity index (χ0v) is 13.6. The van der Waals surface area contributed by atoms with Gasteiger partial charge in [0.05, 0.1) is 37.6 Å². The monoisotopic (exact) mass is 300 g/mol. The Bertz CT molecular complexity index is 381. The van der Waals surface area contributed by atoms with Gasteiger partial charge >= 0.3 is 17.9 Å². The molecule has 120 valence electrons. The van der Waals surface area contributed by atoms with Crippen molar-refractivity contribution in [3.8, 4) is 0 Å². The molecule has 0 aromatic heterocycles. The topological polar surface area (TPSA) is 78.9 Å². The lowest BCUT2D eigenvalue weighted by Gasteiger charge is -2.48. The number of methoxy groups -OCH3 is 3. The van der Waals surface area contributed by atoms with Gasteiger partial charge in [-0.2, -0.15) is 0 Å². The quantitative estimate of drug-likeness (QED) is 0.583. The molecule has 0 atom stereocenters. The standard InChI is InChI=1S/C15H24O6/c1-13(10(16)19-4)7-14(2,11(17)20-5)9-15(3,8-13)12(18)21-6/h7-9H2,1-6H3. The van der Waals surface area contributed by atoms with Crippen LogP contribution in [0.5, 0.6) is 0 Å². The third kappa shape index (κ3) is 3.04. The molecule has 1 saturated carbocycles. The molecule has 6 nitrogen and oxygen atoms in total. The van der Waals surface area contributed by atoms with Gasteiger partial charge in [0.2, 0.25) is 0 Å². The lowest BCUT2D eigenvalue weighted by Crippen LogP contribution is -2.52. The van der Waals surface area contributed by atoms with E-state index in [1.807, 2.05) is 0 Å². The Labute approximate surface area is 125 Å². The van der Waals surface area contributed by atoms with Crippen molar-refractivity contribution in [2.75, 3.05) is 21.3 Å². The molecular weight excluding hydrogens is 276 g/mol. The zero-order chi connectivity index (χ0) is 16.5. The first-order valence-electron chi connectivity index (χ1n) is 6.82. The largest absolute Gasteiger partial charge is 0.469 e. The highest BCUT2D eigenvalue weighted by atomic mass is 16.5. The molecule has 1 aliphatic carbocycles. The predicted molar refractivity (Wildman–Crippen MR) is 74.2 cm³/mol. The van der Waals surface area contributed by atoms with Crippen LogP contribution in [0.2, 0.25) is 0 Å². The van der Waals surface area contributed by atoms with Crippen LogP contribution in [0, 0.1) is 16.2 Å². The molecule has 0 aromatic carbocycles. The fourth-order valence-corrected chi connectivity index (χ4v) is 3.94. The van der Waals surface area contributed by atoms with E-state index < -0.39 is 34.2 Å². The van der Waals surface area contributed by atoms with Crippen molar-refractivity contribution in [3.63, 3.8) is 0 Å². The van der Waals surface area contributed by atoms with Gasteiger partial charge in [0, 0.05) is 0 Å². The highest BCUT2D eigenvalue weighted by molar-refractivity contribution is 5.85. The van der Waals surface area contributed by atoms with Gasteiger partial charge in [-0.15, -0.1) is 0 Å². The fraction of sp³-hybridized carbons (Fsp3) is 0.800. The molecule has 1 aliphatic rings. The summed E-state index contributed by atoms with van der Waals surface area (Å²) in [6.45, 7) is 5.13. The normalized spacial score (nSPS) is 35.7. The Morgan fingerprint density at radius 3 is 0.952 bits per heavy atom. The van der Waals surface area contributed by atoms with Crippen molar-refractivity contribution in [2.45, 2.75) is 40.0 Å². The number of hydrogen-bond acceptors (Lipinski definition) is 6. The molecule has 0 heterocycles. The van der Waals surface area contributed by atoms with Crippen LogP contribution < -0.4 is 0 Å². The fourth-order valence-electron chi connectivity index (χ4n) is 3.94. The lowest BCUT2D eigenvalue weighted by molar-refractivity contribution is -0.179. The van der Waals surface area contributed by atoms with Crippen LogP contribution >= 0.6 is 0 Å². The molecular formula is C15H24O6. The van der Waals surface area contributed by atoms with Crippen molar-refractivity contribution in [2.24, 2.45) is 16.2 Å². The molecule has 0 bridgehead atoms. The number of carbonyl (C=O) groups excluding carboxylic acids is 3. The van der Waals surface area contributed by atoms with Gasteiger partial charge < -0.3 is 14.2 Å². The van der Waals surface area contributed by atoms with Gasteiger partial charge in [0.25, 0.3) is 0 Å². The Morgan fingerprint density at radius 1 is 0.619 bits per heavy atom.